The van der Waals surface area contributed by atoms with Crippen molar-refractivity contribution in [3.63, 3.8) is 0 Å². The first kappa shape index (κ1) is 11.8. The molecule has 0 spiro atoms. The average molecular weight is 246 g/mol. The van der Waals surface area contributed by atoms with Gasteiger partial charge in [-0.1, -0.05) is 12.1 Å². The minimum atomic E-state index is -0.533. The van der Waals surface area contributed by atoms with Gasteiger partial charge in [0.2, 0.25) is 11.2 Å². The summed E-state index contributed by atoms with van der Waals surface area (Å²) in [6.45, 7) is 0. The molecule has 0 aliphatic heterocycles. The van der Waals surface area contributed by atoms with Gasteiger partial charge < -0.3 is 19.7 Å². The van der Waals surface area contributed by atoms with Crippen molar-refractivity contribution in [3.8, 4) is 17.2 Å². The lowest BCUT2D eigenvalue weighted by Gasteiger charge is -1.99. The molecule has 0 bridgehead atoms. The van der Waals surface area contributed by atoms with Crippen LogP contribution in [-0.4, -0.2) is 15.3 Å². The smallest absolute Gasteiger partial charge is 0.227 e. The molecular weight excluding hydrogens is 236 g/mol. The Kier molecular flexibility index (Phi) is 3.05. The minimum Gasteiger partial charge on any atom is -0.504 e. The van der Waals surface area contributed by atoms with Crippen molar-refractivity contribution >= 4 is 12.2 Å². The van der Waals surface area contributed by atoms with Crippen molar-refractivity contribution in [2.45, 2.75) is 0 Å². The summed E-state index contributed by atoms with van der Waals surface area (Å²) in [5, 5.41) is 27.9. The molecule has 2 rings (SSSR count). The van der Waals surface area contributed by atoms with Crippen molar-refractivity contribution in [2.24, 2.45) is 0 Å². The quantitative estimate of drug-likeness (QED) is 0.704. The van der Waals surface area contributed by atoms with Crippen LogP contribution in [0.2, 0.25) is 0 Å². The maximum absolute atomic E-state index is 11.1. The van der Waals surface area contributed by atoms with Crippen molar-refractivity contribution < 1.29 is 19.7 Å². The summed E-state index contributed by atoms with van der Waals surface area (Å²) < 4.78 is 4.97. The third kappa shape index (κ3) is 2.35. The Morgan fingerprint density at radius 3 is 2.50 bits per heavy atom. The van der Waals surface area contributed by atoms with Gasteiger partial charge in [-0.25, -0.2) is 0 Å². The van der Waals surface area contributed by atoms with Crippen LogP contribution in [-0.2, 0) is 0 Å². The molecule has 92 valence electrons. The second kappa shape index (κ2) is 4.67. The fourth-order valence-electron chi connectivity index (χ4n) is 1.36. The third-order valence-corrected chi connectivity index (χ3v) is 2.31. The Bertz CT molecular complexity index is 655. The van der Waals surface area contributed by atoms with Gasteiger partial charge in [-0.3, -0.25) is 4.79 Å². The predicted molar refractivity (Wildman–Crippen MR) is 65.3 cm³/mol. The summed E-state index contributed by atoms with van der Waals surface area (Å²) in [4.78, 5) is 11.1. The maximum Gasteiger partial charge on any atom is 0.227 e. The molecule has 0 amide bonds. The van der Waals surface area contributed by atoms with Crippen molar-refractivity contribution in [2.75, 3.05) is 0 Å². The van der Waals surface area contributed by atoms with E-state index < -0.39 is 11.2 Å². The van der Waals surface area contributed by atoms with Gasteiger partial charge in [0.05, 0.1) is 6.26 Å². The minimum absolute atomic E-state index is 0.0232. The molecule has 0 aliphatic carbocycles. The SMILES string of the molecule is O=c1ccoc(/C=C/c2ccc(O)c(O)c2)c1O. The van der Waals surface area contributed by atoms with E-state index >= 15 is 0 Å². The number of aromatic hydroxyl groups is 3. The molecule has 1 heterocycles. The highest BCUT2D eigenvalue weighted by atomic mass is 16.4. The topological polar surface area (TPSA) is 90.9 Å². The zero-order chi connectivity index (χ0) is 13.1. The summed E-state index contributed by atoms with van der Waals surface area (Å²) in [6.07, 6.45) is 4.09. The first-order valence-corrected chi connectivity index (χ1v) is 5.09. The molecule has 0 atom stereocenters. The van der Waals surface area contributed by atoms with Crippen LogP contribution in [0, 0.1) is 0 Å². The van der Waals surface area contributed by atoms with E-state index in [-0.39, 0.29) is 17.3 Å². The van der Waals surface area contributed by atoms with Crippen LogP contribution in [0.3, 0.4) is 0 Å². The Hall–Kier alpha value is -2.69. The third-order valence-electron chi connectivity index (χ3n) is 2.31. The lowest BCUT2D eigenvalue weighted by molar-refractivity contribution is 0.403. The van der Waals surface area contributed by atoms with Crippen LogP contribution in [0.15, 0.2) is 39.7 Å². The van der Waals surface area contributed by atoms with Crippen LogP contribution < -0.4 is 5.43 Å². The van der Waals surface area contributed by atoms with Crippen LogP contribution >= 0.6 is 0 Å². The van der Waals surface area contributed by atoms with Crippen LogP contribution in [0.25, 0.3) is 12.2 Å². The molecule has 0 saturated heterocycles. The number of phenols is 2. The van der Waals surface area contributed by atoms with E-state index in [4.69, 9.17) is 9.52 Å². The number of hydrogen-bond acceptors (Lipinski definition) is 5. The Morgan fingerprint density at radius 2 is 1.78 bits per heavy atom. The molecule has 5 heteroatoms. The first-order chi connectivity index (χ1) is 8.58. The summed E-state index contributed by atoms with van der Waals surface area (Å²) in [6, 6.07) is 5.34. The van der Waals surface area contributed by atoms with E-state index in [1.807, 2.05) is 0 Å². The molecule has 0 fully saturated rings. The average Bonchev–Trinajstić information content (AvgIpc) is 2.35. The molecule has 0 unspecified atom stereocenters. The Balaban J connectivity index is 2.33. The Labute approximate surface area is 102 Å². The number of benzene rings is 1. The predicted octanol–water partition coefficient (Wildman–Crippen LogP) is 1.93. The zero-order valence-corrected chi connectivity index (χ0v) is 9.20. The monoisotopic (exact) mass is 246 g/mol. The summed E-state index contributed by atoms with van der Waals surface area (Å²) in [5.41, 5.74) is 0.0469. The fraction of sp³-hybridized carbons (Fsp3) is 0. The van der Waals surface area contributed by atoms with Crippen LogP contribution in [0.4, 0.5) is 0 Å². The molecule has 1 aromatic heterocycles. The van der Waals surface area contributed by atoms with Gasteiger partial charge in [-0.15, -0.1) is 0 Å². The molecule has 0 aliphatic rings. The van der Waals surface area contributed by atoms with Gasteiger partial charge in [0.15, 0.2) is 17.3 Å². The summed E-state index contributed by atoms with van der Waals surface area (Å²) in [7, 11) is 0. The van der Waals surface area contributed by atoms with Crippen molar-refractivity contribution in [1.82, 2.24) is 0 Å². The number of phenolic OH excluding ortho intramolecular Hbond substituents is 2. The molecule has 0 radical (unpaired) electrons. The second-order valence-corrected chi connectivity index (χ2v) is 3.58. The van der Waals surface area contributed by atoms with E-state index in [9.17, 15) is 15.0 Å². The van der Waals surface area contributed by atoms with Crippen LogP contribution in [0.5, 0.6) is 17.2 Å². The highest BCUT2D eigenvalue weighted by Gasteiger charge is 2.04. The van der Waals surface area contributed by atoms with Gasteiger partial charge >= 0.3 is 0 Å². The normalized spacial score (nSPS) is 10.9. The molecular formula is C13H10O5. The summed E-state index contributed by atoms with van der Waals surface area (Å²) in [5.74, 6) is -0.927. The van der Waals surface area contributed by atoms with Gasteiger partial charge in [0, 0.05) is 6.07 Å². The standard InChI is InChI=1S/C13H10O5/c14-9-3-1-8(7-11(9)16)2-4-12-13(17)10(15)5-6-18-12/h1-7,14,16-17H/b4-2+. The highest BCUT2D eigenvalue weighted by Crippen LogP contribution is 2.26. The first-order valence-electron chi connectivity index (χ1n) is 5.09. The molecule has 0 saturated carbocycles. The molecule has 5 nitrogen and oxygen atoms in total. The van der Waals surface area contributed by atoms with Gasteiger partial charge in [-0.2, -0.15) is 0 Å². The summed E-state index contributed by atoms with van der Waals surface area (Å²) >= 11 is 0. The van der Waals surface area contributed by atoms with E-state index in [0.29, 0.717) is 5.56 Å². The van der Waals surface area contributed by atoms with Gasteiger partial charge in [0.25, 0.3) is 0 Å². The lowest BCUT2D eigenvalue weighted by Crippen LogP contribution is -1.97. The van der Waals surface area contributed by atoms with Gasteiger partial charge in [0.1, 0.15) is 0 Å². The molecule has 1 aromatic carbocycles. The van der Waals surface area contributed by atoms with Crippen molar-refractivity contribution in [1.29, 1.82) is 0 Å². The van der Waals surface area contributed by atoms with E-state index in [0.717, 1.165) is 6.07 Å². The van der Waals surface area contributed by atoms with E-state index in [1.54, 1.807) is 6.07 Å². The molecule has 2 aromatic rings. The van der Waals surface area contributed by atoms with Crippen molar-refractivity contribution in [3.05, 3.63) is 52.1 Å². The van der Waals surface area contributed by atoms with Crippen LogP contribution in [0.1, 0.15) is 11.3 Å². The largest absolute Gasteiger partial charge is 0.504 e. The van der Waals surface area contributed by atoms with E-state index in [1.165, 1.54) is 30.5 Å². The number of rotatable bonds is 2. The molecule has 3 N–H and O–H groups in total. The second-order valence-electron chi connectivity index (χ2n) is 3.58. The molecule has 18 heavy (non-hydrogen) atoms. The zero-order valence-electron chi connectivity index (χ0n) is 9.20. The number of hydrogen-bond donors (Lipinski definition) is 3. The Morgan fingerprint density at radius 1 is 1.00 bits per heavy atom. The lowest BCUT2D eigenvalue weighted by atomic mass is 10.2. The van der Waals surface area contributed by atoms with E-state index in [2.05, 4.69) is 0 Å². The maximum atomic E-state index is 11.1. The van der Waals surface area contributed by atoms with Gasteiger partial charge in [-0.05, 0) is 23.8 Å². The fourth-order valence-corrected chi connectivity index (χ4v) is 1.36. The highest BCUT2D eigenvalue weighted by molar-refractivity contribution is 5.70.